The van der Waals surface area contributed by atoms with Gasteiger partial charge in [0.05, 0.1) is 18.4 Å². The highest BCUT2D eigenvalue weighted by atomic mass is 35.5. The van der Waals surface area contributed by atoms with Crippen molar-refractivity contribution in [1.82, 2.24) is 14.1 Å². The van der Waals surface area contributed by atoms with Crippen molar-refractivity contribution < 1.29 is 0 Å². The summed E-state index contributed by atoms with van der Waals surface area (Å²) in [5.41, 5.74) is 5.18. The van der Waals surface area contributed by atoms with E-state index in [9.17, 15) is 4.79 Å². The molecule has 0 aliphatic heterocycles. The van der Waals surface area contributed by atoms with Crippen LogP contribution in [-0.2, 0) is 13.1 Å². The van der Waals surface area contributed by atoms with E-state index in [-0.39, 0.29) is 5.56 Å². The van der Waals surface area contributed by atoms with Crippen LogP contribution in [0.15, 0.2) is 77.9 Å². The molecule has 0 atom stereocenters. The van der Waals surface area contributed by atoms with E-state index in [1.54, 1.807) is 10.9 Å². The molecule has 0 aliphatic carbocycles. The lowest BCUT2D eigenvalue weighted by Gasteiger charge is -2.10. The van der Waals surface area contributed by atoms with Crippen molar-refractivity contribution in [2.24, 2.45) is 0 Å². The summed E-state index contributed by atoms with van der Waals surface area (Å²) >= 11 is 12.5. The molecule has 31 heavy (non-hydrogen) atoms. The Labute approximate surface area is 189 Å². The van der Waals surface area contributed by atoms with E-state index in [2.05, 4.69) is 23.2 Å². The predicted molar refractivity (Wildman–Crippen MR) is 127 cm³/mol. The molecule has 0 amide bonds. The summed E-state index contributed by atoms with van der Waals surface area (Å²) in [5.74, 6) is 0. The molecular weight excluding hydrogens is 429 g/mol. The lowest BCUT2D eigenvalue weighted by molar-refractivity contribution is 0.738. The minimum Gasteiger partial charge on any atom is -0.330 e. The molecule has 2 heterocycles. The Balaban J connectivity index is 1.74. The first-order valence-corrected chi connectivity index (χ1v) is 10.7. The highest BCUT2D eigenvalue weighted by molar-refractivity contribution is 6.31. The first-order chi connectivity index (χ1) is 15.0. The van der Waals surface area contributed by atoms with Crippen LogP contribution in [-0.4, -0.2) is 14.1 Å². The maximum Gasteiger partial charge on any atom is 0.278 e. The Kier molecular flexibility index (Phi) is 5.05. The molecule has 154 valence electrons. The molecule has 0 N–H and O–H groups in total. The van der Waals surface area contributed by atoms with Crippen LogP contribution in [0.5, 0.6) is 0 Å². The molecule has 0 unspecified atom stereocenters. The largest absolute Gasteiger partial charge is 0.330 e. The highest BCUT2D eigenvalue weighted by Gasteiger charge is 2.17. The predicted octanol–water partition coefficient (Wildman–Crippen LogP) is 6.06. The fraction of sp³-hybridized carbons (Fsp3) is 0.120. The molecule has 3 aromatic carbocycles. The van der Waals surface area contributed by atoms with Crippen molar-refractivity contribution in [3.63, 3.8) is 0 Å². The Morgan fingerprint density at radius 1 is 0.935 bits per heavy atom. The Morgan fingerprint density at radius 3 is 2.58 bits per heavy atom. The third-order valence-corrected chi connectivity index (χ3v) is 6.11. The van der Waals surface area contributed by atoms with Crippen LogP contribution >= 0.6 is 23.2 Å². The zero-order valence-corrected chi connectivity index (χ0v) is 18.4. The van der Waals surface area contributed by atoms with E-state index in [1.165, 1.54) is 0 Å². The van der Waals surface area contributed by atoms with Crippen LogP contribution in [0.2, 0.25) is 10.0 Å². The summed E-state index contributed by atoms with van der Waals surface area (Å²) in [4.78, 5) is 18.3. The van der Waals surface area contributed by atoms with E-state index in [4.69, 9.17) is 23.2 Å². The molecule has 0 saturated heterocycles. The van der Waals surface area contributed by atoms with Crippen LogP contribution < -0.4 is 5.56 Å². The fourth-order valence-electron chi connectivity index (χ4n) is 4.02. The van der Waals surface area contributed by atoms with Gasteiger partial charge in [-0.2, -0.15) is 0 Å². The normalized spacial score (nSPS) is 11.5. The monoisotopic (exact) mass is 447 g/mol. The van der Waals surface area contributed by atoms with E-state index in [1.807, 2.05) is 60.0 Å². The van der Waals surface area contributed by atoms with E-state index < -0.39 is 0 Å². The van der Waals surface area contributed by atoms with E-state index >= 15 is 0 Å². The topological polar surface area (TPSA) is 39.8 Å². The Hall–Kier alpha value is -3.08. The Morgan fingerprint density at radius 2 is 1.77 bits per heavy atom. The van der Waals surface area contributed by atoms with Crippen molar-refractivity contribution in [2.45, 2.75) is 20.0 Å². The minimum atomic E-state index is -0.0965. The van der Waals surface area contributed by atoms with Gasteiger partial charge < -0.3 is 4.57 Å². The van der Waals surface area contributed by atoms with Gasteiger partial charge >= 0.3 is 0 Å². The molecular formula is C25H19Cl2N3O. The summed E-state index contributed by atoms with van der Waals surface area (Å²) < 4.78 is 3.65. The molecule has 5 rings (SSSR count). The van der Waals surface area contributed by atoms with Crippen molar-refractivity contribution in [2.75, 3.05) is 0 Å². The molecule has 4 nitrogen and oxygen atoms in total. The van der Waals surface area contributed by atoms with Gasteiger partial charge in [0.2, 0.25) is 0 Å². The molecule has 0 aliphatic rings. The third kappa shape index (κ3) is 3.62. The molecule has 2 aromatic heterocycles. The van der Waals surface area contributed by atoms with Crippen LogP contribution in [0.25, 0.3) is 21.9 Å². The van der Waals surface area contributed by atoms with Gasteiger partial charge in [0, 0.05) is 22.0 Å². The standard InChI is InChI=1S/C25H19Cl2N3O/c1-16-9-10-22-20(11-16)23-24(30(22)13-17-5-4-7-19(26)12-17)25(31)29(15-28-23)14-18-6-2-3-8-21(18)27/h2-12,15H,13-14H2,1H3. The number of nitrogens with zero attached hydrogens (tertiary/aromatic N) is 3. The number of benzene rings is 3. The number of hydrogen-bond acceptors (Lipinski definition) is 2. The van der Waals surface area contributed by atoms with Crippen LogP contribution in [0.1, 0.15) is 16.7 Å². The molecule has 0 bridgehead atoms. The minimum absolute atomic E-state index is 0.0965. The van der Waals surface area contributed by atoms with Gasteiger partial charge in [-0.05, 0) is 48.4 Å². The van der Waals surface area contributed by atoms with Gasteiger partial charge in [0.1, 0.15) is 11.0 Å². The SMILES string of the molecule is Cc1ccc2c(c1)c1ncn(Cc3ccccc3Cl)c(=O)c1n2Cc1cccc(Cl)c1. The second-order valence-electron chi connectivity index (χ2n) is 7.70. The summed E-state index contributed by atoms with van der Waals surface area (Å²) in [6.07, 6.45) is 1.61. The van der Waals surface area contributed by atoms with E-state index in [0.29, 0.717) is 34.2 Å². The van der Waals surface area contributed by atoms with Crippen molar-refractivity contribution in [3.05, 3.63) is 110 Å². The lowest BCUT2D eigenvalue weighted by atomic mass is 10.1. The van der Waals surface area contributed by atoms with Crippen molar-refractivity contribution >= 4 is 45.1 Å². The van der Waals surface area contributed by atoms with Crippen LogP contribution in [0, 0.1) is 6.92 Å². The number of aryl methyl sites for hydroxylation is 1. The molecule has 0 spiro atoms. The van der Waals surface area contributed by atoms with Gasteiger partial charge in [-0.25, -0.2) is 4.98 Å². The smallest absolute Gasteiger partial charge is 0.278 e. The second kappa shape index (κ2) is 7.88. The lowest BCUT2D eigenvalue weighted by Crippen LogP contribution is -2.23. The number of halogens is 2. The average Bonchev–Trinajstić information content (AvgIpc) is 3.05. The van der Waals surface area contributed by atoms with Gasteiger partial charge in [-0.1, -0.05) is 65.2 Å². The van der Waals surface area contributed by atoms with Crippen LogP contribution in [0.4, 0.5) is 0 Å². The number of rotatable bonds is 4. The zero-order valence-electron chi connectivity index (χ0n) is 16.8. The summed E-state index contributed by atoms with van der Waals surface area (Å²) in [6, 6.07) is 21.4. The first-order valence-electron chi connectivity index (χ1n) is 9.97. The Bertz CT molecular complexity index is 1500. The van der Waals surface area contributed by atoms with Gasteiger partial charge in [0.15, 0.2) is 0 Å². The summed E-state index contributed by atoms with van der Waals surface area (Å²) in [6.45, 7) is 2.92. The van der Waals surface area contributed by atoms with E-state index in [0.717, 1.165) is 27.6 Å². The second-order valence-corrected chi connectivity index (χ2v) is 8.55. The maximum absolute atomic E-state index is 13.6. The van der Waals surface area contributed by atoms with Crippen molar-refractivity contribution in [1.29, 1.82) is 0 Å². The molecule has 0 fully saturated rings. The number of fused-ring (bicyclic) bond motifs is 3. The number of aromatic nitrogens is 3. The summed E-state index contributed by atoms with van der Waals surface area (Å²) in [7, 11) is 0. The maximum atomic E-state index is 13.6. The molecule has 5 aromatic rings. The van der Waals surface area contributed by atoms with Gasteiger partial charge in [-0.3, -0.25) is 9.36 Å². The highest BCUT2D eigenvalue weighted by Crippen LogP contribution is 2.28. The zero-order chi connectivity index (χ0) is 21.5. The van der Waals surface area contributed by atoms with Gasteiger partial charge in [-0.15, -0.1) is 0 Å². The van der Waals surface area contributed by atoms with Crippen LogP contribution in [0.3, 0.4) is 0 Å². The first kappa shape index (κ1) is 19.9. The molecule has 0 radical (unpaired) electrons. The fourth-order valence-corrected chi connectivity index (χ4v) is 4.43. The van der Waals surface area contributed by atoms with Crippen molar-refractivity contribution in [3.8, 4) is 0 Å². The average molecular weight is 448 g/mol. The third-order valence-electron chi connectivity index (χ3n) is 5.51. The van der Waals surface area contributed by atoms with Gasteiger partial charge in [0.25, 0.3) is 5.56 Å². The molecule has 0 saturated carbocycles. The summed E-state index contributed by atoms with van der Waals surface area (Å²) in [5, 5.41) is 2.27. The quantitative estimate of drug-likeness (QED) is 0.335. The number of hydrogen-bond donors (Lipinski definition) is 0. The molecule has 6 heteroatoms.